The van der Waals surface area contributed by atoms with Crippen LogP contribution >= 0.6 is 0 Å². The van der Waals surface area contributed by atoms with Gasteiger partial charge in [-0.3, -0.25) is 19.2 Å². The number of hydrogen-bond acceptors (Lipinski definition) is 6. The lowest BCUT2D eigenvalue weighted by atomic mass is 10.1. The number of amides is 4. The number of aliphatic carboxylic acids is 2. The predicted molar refractivity (Wildman–Crippen MR) is 151 cm³/mol. The van der Waals surface area contributed by atoms with Crippen LogP contribution in [-0.4, -0.2) is 45.0 Å². The van der Waals surface area contributed by atoms with Gasteiger partial charge in [0.25, 0.3) is 0 Å². The Hall–Kier alpha value is -5.26. The molecule has 1 atom stereocenters. The van der Waals surface area contributed by atoms with Crippen molar-refractivity contribution in [2.24, 2.45) is 0 Å². The predicted octanol–water partition coefficient (Wildman–Crippen LogP) is 4.10. The van der Waals surface area contributed by atoms with Crippen LogP contribution in [0.1, 0.15) is 48.4 Å². The molecule has 2 aromatic carbocycles. The van der Waals surface area contributed by atoms with Crippen LogP contribution in [-0.2, 0) is 25.6 Å². The van der Waals surface area contributed by atoms with Gasteiger partial charge in [-0.05, 0) is 54.3 Å². The van der Waals surface area contributed by atoms with Crippen molar-refractivity contribution in [1.82, 2.24) is 10.3 Å². The largest absolute Gasteiger partial charge is 0.481 e. The Morgan fingerprint density at radius 3 is 2.17 bits per heavy atom. The maximum Gasteiger partial charge on any atom is 0.323 e. The summed E-state index contributed by atoms with van der Waals surface area (Å²) in [6, 6.07) is 16.0. The summed E-state index contributed by atoms with van der Waals surface area (Å²) >= 11 is 0. The van der Waals surface area contributed by atoms with E-state index in [1.54, 1.807) is 36.4 Å². The summed E-state index contributed by atoms with van der Waals surface area (Å²) in [6.07, 6.45) is 0.931. The number of para-hydroxylation sites is 1. The molecule has 1 heterocycles. The highest BCUT2D eigenvalue weighted by Crippen LogP contribution is 2.19. The normalized spacial score (nSPS) is 11.1. The van der Waals surface area contributed by atoms with Gasteiger partial charge < -0.3 is 31.5 Å². The van der Waals surface area contributed by atoms with Crippen molar-refractivity contribution in [3.8, 4) is 0 Å². The zero-order valence-electron chi connectivity index (χ0n) is 22.3. The van der Waals surface area contributed by atoms with E-state index in [1.165, 1.54) is 12.3 Å². The number of pyridine rings is 1. The number of carboxylic acid groups (broad SMARTS) is 2. The molecule has 6 N–H and O–H groups in total. The Morgan fingerprint density at radius 1 is 0.805 bits per heavy atom. The van der Waals surface area contributed by atoms with Gasteiger partial charge in [-0.15, -0.1) is 0 Å². The highest BCUT2D eigenvalue weighted by atomic mass is 16.4. The highest BCUT2D eigenvalue weighted by molar-refractivity contribution is 6.00. The lowest BCUT2D eigenvalue weighted by molar-refractivity contribution is -0.138. The Morgan fingerprint density at radius 2 is 1.54 bits per heavy atom. The fourth-order valence-corrected chi connectivity index (χ4v) is 3.86. The minimum atomic E-state index is -1.13. The molecule has 0 radical (unpaired) electrons. The second-order valence-corrected chi connectivity index (χ2v) is 9.26. The second kappa shape index (κ2) is 14.8. The van der Waals surface area contributed by atoms with Gasteiger partial charge in [-0.1, -0.05) is 36.4 Å². The fourth-order valence-electron chi connectivity index (χ4n) is 3.86. The van der Waals surface area contributed by atoms with Crippen LogP contribution in [0.5, 0.6) is 0 Å². The van der Waals surface area contributed by atoms with Gasteiger partial charge in [0.05, 0.1) is 18.9 Å². The lowest BCUT2D eigenvalue weighted by Crippen LogP contribution is -2.30. The zero-order chi connectivity index (χ0) is 29.8. The quantitative estimate of drug-likeness (QED) is 0.180. The smallest absolute Gasteiger partial charge is 0.323 e. The molecule has 0 spiro atoms. The van der Waals surface area contributed by atoms with E-state index in [0.29, 0.717) is 22.5 Å². The summed E-state index contributed by atoms with van der Waals surface area (Å²) in [4.78, 5) is 63.0. The number of urea groups is 1. The molecule has 0 saturated carbocycles. The Labute approximate surface area is 236 Å². The molecule has 1 unspecified atom stereocenters. The number of aromatic nitrogens is 1. The first-order chi connectivity index (χ1) is 19.6. The van der Waals surface area contributed by atoms with Crippen molar-refractivity contribution in [2.45, 2.75) is 45.1 Å². The number of benzene rings is 2. The summed E-state index contributed by atoms with van der Waals surface area (Å²) in [6.45, 7) is 1.89. The summed E-state index contributed by atoms with van der Waals surface area (Å²) in [5.74, 6) is -2.72. The van der Waals surface area contributed by atoms with Crippen LogP contribution in [0.15, 0.2) is 66.9 Å². The Balaban J connectivity index is 1.51. The molecule has 1 aromatic heterocycles. The monoisotopic (exact) mass is 561 g/mol. The van der Waals surface area contributed by atoms with Gasteiger partial charge >= 0.3 is 18.0 Å². The van der Waals surface area contributed by atoms with Gasteiger partial charge in [0, 0.05) is 30.4 Å². The van der Waals surface area contributed by atoms with E-state index >= 15 is 0 Å². The average Bonchev–Trinajstić information content (AvgIpc) is 2.90. The average molecular weight is 562 g/mol. The molecule has 12 nitrogen and oxygen atoms in total. The number of carbonyl (C=O) groups is 5. The van der Waals surface area contributed by atoms with E-state index in [2.05, 4.69) is 26.3 Å². The molecule has 0 fully saturated rings. The standard InChI is InChI=1S/C29H31N5O7/c1-18-5-2-3-6-22(18)33-29(41)31-21-12-9-19(10-13-21)15-26(36)34-24-14-11-20(17-30-24)23(16-28(39)40)32-25(35)7-4-8-27(37)38/h2-3,5-6,9-14,17,23H,4,7-8,15-16H2,1H3,(H,32,35)(H,37,38)(H,39,40)(H,30,34,36)(H2,31,33,41). The van der Waals surface area contributed by atoms with Crippen LogP contribution in [0.25, 0.3) is 0 Å². The van der Waals surface area contributed by atoms with Crippen LogP contribution in [0, 0.1) is 6.92 Å². The maximum absolute atomic E-state index is 12.5. The summed E-state index contributed by atoms with van der Waals surface area (Å²) in [5, 5.41) is 28.7. The van der Waals surface area contributed by atoms with Gasteiger partial charge in [0.1, 0.15) is 5.82 Å². The van der Waals surface area contributed by atoms with Gasteiger partial charge in [0.2, 0.25) is 11.8 Å². The molecule has 0 aliphatic rings. The molecule has 41 heavy (non-hydrogen) atoms. The SMILES string of the molecule is Cc1ccccc1NC(=O)Nc1ccc(CC(=O)Nc2ccc(C(CC(=O)O)NC(=O)CCCC(=O)O)cn2)cc1. The fraction of sp³-hybridized carbons (Fsp3) is 0.241. The van der Waals surface area contributed by atoms with E-state index in [0.717, 1.165) is 5.56 Å². The maximum atomic E-state index is 12.5. The number of nitrogens with zero attached hydrogens (tertiary/aromatic N) is 1. The van der Waals surface area contributed by atoms with Crippen molar-refractivity contribution < 1.29 is 34.2 Å². The molecule has 0 aliphatic heterocycles. The zero-order valence-corrected chi connectivity index (χ0v) is 22.3. The molecule has 4 amide bonds. The van der Waals surface area contributed by atoms with Crippen LogP contribution in [0.2, 0.25) is 0 Å². The lowest BCUT2D eigenvalue weighted by Gasteiger charge is -2.17. The van der Waals surface area contributed by atoms with E-state index in [-0.39, 0.29) is 43.4 Å². The van der Waals surface area contributed by atoms with Crippen LogP contribution < -0.4 is 21.3 Å². The molecule has 0 bridgehead atoms. The molecule has 3 aromatic rings. The summed E-state index contributed by atoms with van der Waals surface area (Å²) in [5.41, 5.74) is 3.32. The number of carboxylic acids is 2. The highest BCUT2D eigenvalue weighted by Gasteiger charge is 2.19. The molecule has 0 saturated heterocycles. The van der Waals surface area contributed by atoms with E-state index < -0.39 is 30.3 Å². The minimum Gasteiger partial charge on any atom is -0.481 e. The molecule has 12 heteroatoms. The van der Waals surface area contributed by atoms with Crippen molar-refractivity contribution in [3.05, 3.63) is 83.6 Å². The number of hydrogen-bond donors (Lipinski definition) is 6. The summed E-state index contributed by atoms with van der Waals surface area (Å²) in [7, 11) is 0. The third-order valence-corrected chi connectivity index (χ3v) is 5.93. The van der Waals surface area contributed by atoms with Gasteiger partial charge in [0.15, 0.2) is 0 Å². The molecular weight excluding hydrogens is 530 g/mol. The number of rotatable bonds is 13. The summed E-state index contributed by atoms with van der Waals surface area (Å²) < 4.78 is 0. The number of aryl methyl sites for hydroxylation is 1. The molecular formula is C29H31N5O7. The van der Waals surface area contributed by atoms with E-state index in [4.69, 9.17) is 5.11 Å². The number of carbonyl (C=O) groups excluding carboxylic acids is 3. The molecule has 0 aliphatic carbocycles. The van der Waals surface area contributed by atoms with Gasteiger partial charge in [-0.25, -0.2) is 9.78 Å². The number of anilines is 3. The van der Waals surface area contributed by atoms with E-state index in [1.807, 2.05) is 25.1 Å². The van der Waals surface area contributed by atoms with Crippen LogP contribution in [0.4, 0.5) is 22.0 Å². The second-order valence-electron chi connectivity index (χ2n) is 9.26. The first kappa shape index (κ1) is 30.3. The molecule has 3 rings (SSSR count). The number of nitrogens with one attached hydrogen (secondary N) is 4. The third kappa shape index (κ3) is 10.4. The van der Waals surface area contributed by atoms with Gasteiger partial charge in [-0.2, -0.15) is 0 Å². The Kier molecular flexibility index (Phi) is 10.9. The van der Waals surface area contributed by atoms with Crippen LogP contribution in [0.3, 0.4) is 0 Å². The third-order valence-electron chi connectivity index (χ3n) is 5.93. The van der Waals surface area contributed by atoms with E-state index in [9.17, 15) is 29.1 Å². The van der Waals surface area contributed by atoms with Crippen molar-refractivity contribution in [3.63, 3.8) is 0 Å². The molecule has 214 valence electrons. The van der Waals surface area contributed by atoms with Crippen molar-refractivity contribution >= 4 is 47.0 Å². The first-order valence-electron chi connectivity index (χ1n) is 12.8. The van der Waals surface area contributed by atoms with Crippen molar-refractivity contribution in [2.75, 3.05) is 16.0 Å². The topological polar surface area (TPSA) is 187 Å². The first-order valence-corrected chi connectivity index (χ1v) is 12.8. The minimum absolute atomic E-state index is 0.0488. The Bertz CT molecular complexity index is 1390. The van der Waals surface area contributed by atoms with Crippen molar-refractivity contribution in [1.29, 1.82) is 0 Å².